The van der Waals surface area contributed by atoms with Gasteiger partial charge in [0.1, 0.15) is 5.75 Å². The minimum absolute atomic E-state index is 0.0291. The Morgan fingerprint density at radius 2 is 2.30 bits per heavy atom. The predicted molar refractivity (Wildman–Crippen MR) is 88.3 cm³/mol. The number of fused-ring (bicyclic) bond motifs is 1. The second-order valence-corrected chi connectivity index (χ2v) is 7.08. The lowest BCUT2D eigenvalue weighted by molar-refractivity contribution is -0.124. The van der Waals surface area contributed by atoms with Gasteiger partial charge in [-0.3, -0.25) is 9.69 Å². The van der Waals surface area contributed by atoms with E-state index >= 15 is 0 Å². The van der Waals surface area contributed by atoms with Crippen LogP contribution < -0.4 is 10.1 Å². The monoisotopic (exact) mass is 318 g/mol. The standard InChI is InChI=1S/C18H26N2O3/c1-18(13-21)8-4-9-20(12-18)11-17(22)19-15-7-10-23-16-6-3-2-5-14(15)16/h2-3,5-6,15,21H,4,7-13H2,1H3,(H,19,22). The van der Waals surface area contributed by atoms with Crippen molar-refractivity contribution in [1.29, 1.82) is 0 Å². The van der Waals surface area contributed by atoms with Gasteiger partial charge in [0.25, 0.3) is 0 Å². The SMILES string of the molecule is CC1(CO)CCCN(CC(=O)NC2CCOc3ccccc32)C1. The second-order valence-electron chi connectivity index (χ2n) is 7.08. The van der Waals surface area contributed by atoms with E-state index in [1.807, 2.05) is 24.3 Å². The van der Waals surface area contributed by atoms with Crippen LogP contribution in [0.25, 0.3) is 0 Å². The molecule has 5 nitrogen and oxygen atoms in total. The van der Waals surface area contributed by atoms with Gasteiger partial charge in [-0.15, -0.1) is 0 Å². The maximum absolute atomic E-state index is 12.4. The molecule has 0 spiro atoms. The number of hydrogen-bond donors (Lipinski definition) is 2. The lowest BCUT2D eigenvalue weighted by Gasteiger charge is -2.39. The quantitative estimate of drug-likeness (QED) is 0.887. The van der Waals surface area contributed by atoms with E-state index < -0.39 is 0 Å². The van der Waals surface area contributed by atoms with Gasteiger partial charge in [0, 0.05) is 30.6 Å². The number of likely N-dealkylation sites (tertiary alicyclic amines) is 1. The van der Waals surface area contributed by atoms with Crippen molar-refractivity contribution in [2.45, 2.75) is 32.2 Å². The molecule has 1 aromatic carbocycles. The maximum atomic E-state index is 12.4. The van der Waals surface area contributed by atoms with Crippen LogP contribution in [-0.2, 0) is 4.79 Å². The van der Waals surface area contributed by atoms with Gasteiger partial charge in [-0.2, -0.15) is 0 Å². The molecule has 0 radical (unpaired) electrons. The molecule has 2 aliphatic heterocycles. The minimum atomic E-state index is -0.0796. The number of para-hydroxylation sites is 1. The van der Waals surface area contributed by atoms with Gasteiger partial charge in [0.05, 0.1) is 19.2 Å². The van der Waals surface area contributed by atoms with Crippen molar-refractivity contribution < 1.29 is 14.6 Å². The number of benzene rings is 1. The molecule has 23 heavy (non-hydrogen) atoms. The minimum Gasteiger partial charge on any atom is -0.493 e. The first-order valence-electron chi connectivity index (χ1n) is 8.44. The zero-order valence-corrected chi connectivity index (χ0v) is 13.8. The van der Waals surface area contributed by atoms with Crippen molar-refractivity contribution in [1.82, 2.24) is 10.2 Å². The summed E-state index contributed by atoms with van der Waals surface area (Å²) in [5.41, 5.74) is 0.982. The first-order valence-corrected chi connectivity index (χ1v) is 8.44. The summed E-state index contributed by atoms with van der Waals surface area (Å²) in [5.74, 6) is 0.920. The summed E-state index contributed by atoms with van der Waals surface area (Å²) < 4.78 is 5.64. The van der Waals surface area contributed by atoms with Crippen LogP contribution in [0.4, 0.5) is 0 Å². The summed E-state index contributed by atoms with van der Waals surface area (Å²) in [7, 11) is 0. The van der Waals surface area contributed by atoms with Crippen molar-refractivity contribution in [3.63, 3.8) is 0 Å². The number of piperidine rings is 1. The van der Waals surface area contributed by atoms with Crippen LogP contribution in [-0.4, -0.2) is 48.8 Å². The van der Waals surface area contributed by atoms with Gasteiger partial charge in [-0.05, 0) is 25.5 Å². The molecule has 1 saturated heterocycles. The lowest BCUT2D eigenvalue weighted by Crippen LogP contribution is -2.48. The molecule has 1 aromatic rings. The Morgan fingerprint density at radius 1 is 1.48 bits per heavy atom. The first-order chi connectivity index (χ1) is 11.1. The molecule has 3 rings (SSSR count). The van der Waals surface area contributed by atoms with E-state index in [4.69, 9.17) is 4.74 Å². The van der Waals surface area contributed by atoms with Crippen molar-refractivity contribution >= 4 is 5.91 Å². The average molecular weight is 318 g/mol. The third kappa shape index (κ3) is 3.85. The number of nitrogens with zero attached hydrogens (tertiary/aromatic N) is 1. The lowest BCUT2D eigenvalue weighted by atomic mass is 9.83. The molecule has 2 N–H and O–H groups in total. The van der Waals surface area contributed by atoms with E-state index in [0.717, 1.165) is 43.7 Å². The van der Waals surface area contributed by atoms with Crippen LogP contribution in [0.15, 0.2) is 24.3 Å². The summed E-state index contributed by atoms with van der Waals surface area (Å²) in [6.45, 7) is 5.00. The summed E-state index contributed by atoms with van der Waals surface area (Å²) in [5, 5.41) is 12.7. The Kier molecular flexibility index (Phi) is 4.87. The molecule has 1 amide bonds. The van der Waals surface area contributed by atoms with Gasteiger partial charge < -0.3 is 15.2 Å². The number of carbonyl (C=O) groups is 1. The molecule has 0 aromatic heterocycles. The molecular weight excluding hydrogens is 292 g/mol. The van der Waals surface area contributed by atoms with Gasteiger partial charge >= 0.3 is 0 Å². The summed E-state index contributed by atoms with van der Waals surface area (Å²) in [6, 6.07) is 7.92. The van der Waals surface area contributed by atoms with Crippen LogP contribution in [0.5, 0.6) is 5.75 Å². The molecule has 1 fully saturated rings. The van der Waals surface area contributed by atoms with E-state index in [0.29, 0.717) is 13.2 Å². The number of rotatable bonds is 4. The van der Waals surface area contributed by atoms with E-state index in [9.17, 15) is 9.90 Å². The van der Waals surface area contributed by atoms with Crippen LogP contribution in [0.2, 0.25) is 0 Å². The highest BCUT2D eigenvalue weighted by Crippen LogP contribution is 2.32. The van der Waals surface area contributed by atoms with Gasteiger partial charge in [-0.25, -0.2) is 0 Å². The largest absolute Gasteiger partial charge is 0.493 e. The van der Waals surface area contributed by atoms with E-state index in [-0.39, 0.29) is 24.0 Å². The zero-order chi connectivity index (χ0) is 16.3. The summed E-state index contributed by atoms with van der Waals surface area (Å²) >= 11 is 0. The van der Waals surface area contributed by atoms with Crippen LogP contribution in [0.3, 0.4) is 0 Å². The van der Waals surface area contributed by atoms with Crippen LogP contribution >= 0.6 is 0 Å². The fourth-order valence-corrected chi connectivity index (χ4v) is 3.63. The van der Waals surface area contributed by atoms with Crippen molar-refractivity contribution in [2.75, 3.05) is 32.8 Å². The Morgan fingerprint density at radius 3 is 3.13 bits per heavy atom. The summed E-state index contributed by atoms with van der Waals surface area (Å²) in [4.78, 5) is 14.6. The molecule has 2 unspecified atom stereocenters. The smallest absolute Gasteiger partial charge is 0.234 e. The number of ether oxygens (including phenoxy) is 1. The van der Waals surface area contributed by atoms with Gasteiger partial charge in [0.15, 0.2) is 0 Å². The Bertz CT molecular complexity index is 563. The van der Waals surface area contributed by atoms with E-state index in [1.165, 1.54) is 0 Å². The van der Waals surface area contributed by atoms with Crippen molar-refractivity contribution in [3.05, 3.63) is 29.8 Å². The molecule has 126 valence electrons. The van der Waals surface area contributed by atoms with Crippen molar-refractivity contribution in [2.24, 2.45) is 5.41 Å². The molecule has 5 heteroatoms. The summed E-state index contributed by atoms with van der Waals surface area (Å²) in [6.07, 6.45) is 2.86. The highest BCUT2D eigenvalue weighted by molar-refractivity contribution is 5.78. The first kappa shape index (κ1) is 16.3. The van der Waals surface area contributed by atoms with Gasteiger partial charge in [0.2, 0.25) is 5.91 Å². The number of aliphatic hydroxyl groups is 1. The molecule has 0 bridgehead atoms. The normalized spacial score (nSPS) is 27.8. The number of aliphatic hydroxyl groups excluding tert-OH is 1. The predicted octanol–water partition coefficient (Wildman–Crippen LogP) is 1.72. The van der Waals surface area contributed by atoms with Gasteiger partial charge in [-0.1, -0.05) is 25.1 Å². The molecule has 2 heterocycles. The zero-order valence-electron chi connectivity index (χ0n) is 13.8. The second kappa shape index (κ2) is 6.89. The van der Waals surface area contributed by atoms with E-state index in [1.54, 1.807) is 0 Å². The van der Waals surface area contributed by atoms with E-state index in [2.05, 4.69) is 17.1 Å². The topological polar surface area (TPSA) is 61.8 Å². The molecule has 0 aliphatic carbocycles. The Labute approximate surface area is 137 Å². The maximum Gasteiger partial charge on any atom is 0.234 e. The Hall–Kier alpha value is -1.59. The molecule has 2 atom stereocenters. The number of nitrogens with one attached hydrogen (secondary N) is 1. The third-order valence-corrected chi connectivity index (χ3v) is 4.90. The fraction of sp³-hybridized carbons (Fsp3) is 0.611. The highest BCUT2D eigenvalue weighted by Gasteiger charge is 2.31. The van der Waals surface area contributed by atoms with Crippen LogP contribution in [0, 0.1) is 5.41 Å². The number of carbonyl (C=O) groups excluding carboxylic acids is 1. The third-order valence-electron chi connectivity index (χ3n) is 4.90. The van der Waals surface area contributed by atoms with Crippen LogP contribution in [0.1, 0.15) is 37.8 Å². The fourth-order valence-electron chi connectivity index (χ4n) is 3.63. The molecular formula is C18H26N2O3. The average Bonchev–Trinajstić information content (AvgIpc) is 2.55. The van der Waals surface area contributed by atoms with Crippen molar-refractivity contribution in [3.8, 4) is 5.75 Å². The highest BCUT2D eigenvalue weighted by atomic mass is 16.5. The Balaban J connectivity index is 1.58. The number of amides is 1. The molecule has 2 aliphatic rings. The molecule has 0 saturated carbocycles. The number of hydrogen-bond acceptors (Lipinski definition) is 4.